The zero-order valence-electron chi connectivity index (χ0n) is 13.2. The summed E-state index contributed by atoms with van der Waals surface area (Å²) in [5.41, 5.74) is 1.59. The van der Waals surface area contributed by atoms with Crippen molar-refractivity contribution in [2.75, 3.05) is 0 Å². The van der Waals surface area contributed by atoms with Crippen molar-refractivity contribution in [3.8, 4) is 11.1 Å². The molecule has 3 aromatic heterocycles. The fourth-order valence-corrected chi connectivity index (χ4v) is 5.96. The number of hydrogen-bond acceptors (Lipinski definition) is 5. The fourth-order valence-electron chi connectivity index (χ4n) is 2.74. The molecule has 0 fully saturated rings. The van der Waals surface area contributed by atoms with Gasteiger partial charge in [-0.15, -0.1) is 34.0 Å². The molecule has 3 heterocycles. The van der Waals surface area contributed by atoms with E-state index in [4.69, 9.17) is 11.6 Å². The van der Waals surface area contributed by atoms with Gasteiger partial charge in [-0.05, 0) is 40.6 Å². The number of rotatable bonds is 5. The molecule has 26 heavy (non-hydrogen) atoms. The van der Waals surface area contributed by atoms with Crippen LogP contribution in [0, 0.1) is 0 Å². The lowest BCUT2D eigenvalue weighted by atomic mass is 10.0. The summed E-state index contributed by atoms with van der Waals surface area (Å²) < 4.78 is 2.18. The molecule has 0 amide bonds. The highest BCUT2D eigenvalue weighted by Crippen LogP contribution is 2.35. The number of aromatic carboxylic acids is 1. The number of halogens is 1. The van der Waals surface area contributed by atoms with Gasteiger partial charge in [-0.2, -0.15) is 0 Å². The molecule has 1 aromatic carbocycles. The van der Waals surface area contributed by atoms with Gasteiger partial charge >= 0.3 is 5.97 Å². The van der Waals surface area contributed by atoms with Gasteiger partial charge in [0.2, 0.25) is 0 Å². The van der Waals surface area contributed by atoms with E-state index in [9.17, 15) is 14.7 Å². The molecule has 0 aliphatic heterocycles. The molecule has 130 valence electrons. The second-order valence-corrected chi connectivity index (χ2v) is 9.05. The van der Waals surface area contributed by atoms with Gasteiger partial charge in [0.25, 0.3) is 0 Å². The first-order valence-electron chi connectivity index (χ1n) is 7.63. The molecule has 0 atom stereocenters. The maximum Gasteiger partial charge on any atom is 0.337 e. The van der Waals surface area contributed by atoms with Gasteiger partial charge in [0.05, 0.1) is 10.4 Å². The maximum atomic E-state index is 12.7. The van der Waals surface area contributed by atoms with Crippen LogP contribution in [0.1, 0.15) is 24.9 Å². The number of benzene rings is 1. The van der Waals surface area contributed by atoms with Crippen molar-refractivity contribution in [2.45, 2.75) is 6.42 Å². The SMILES string of the molecule is O=C(Cc1scc(-c2ccc(Cl)cc2)c1C(=O)O)c1cc2sccc2s1. The Hall–Kier alpha value is -1.99. The Balaban J connectivity index is 1.68. The Morgan fingerprint density at radius 2 is 1.81 bits per heavy atom. The Labute approximate surface area is 166 Å². The van der Waals surface area contributed by atoms with Crippen LogP contribution in [0.25, 0.3) is 20.5 Å². The van der Waals surface area contributed by atoms with Gasteiger partial charge < -0.3 is 5.11 Å². The molecule has 0 saturated heterocycles. The van der Waals surface area contributed by atoms with Gasteiger partial charge in [0.15, 0.2) is 5.78 Å². The van der Waals surface area contributed by atoms with Gasteiger partial charge in [-0.3, -0.25) is 4.79 Å². The summed E-state index contributed by atoms with van der Waals surface area (Å²) in [5, 5.41) is 14.1. The Morgan fingerprint density at radius 1 is 1.04 bits per heavy atom. The van der Waals surface area contributed by atoms with Gasteiger partial charge in [-0.1, -0.05) is 23.7 Å². The van der Waals surface area contributed by atoms with Crippen LogP contribution in [0.2, 0.25) is 5.02 Å². The Kier molecular flexibility index (Phi) is 4.67. The van der Waals surface area contributed by atoms with Crippen LogP contribution < -0.4 is 0 Å². The summed E-state index contributed by atoms with van der Waals surface area (Å²) in [6.45, 7) is 0. The van der Waals surface area contributed by atoms with Crippen LogP contribution in [0.3, 0.4) is 0 Å². The topological polar surface area (TPSA) is 54.4 Å². The number of hydrogen-bond donors (Lipinski definition) is 1. The highest BCUT2D eigenvalue weighted by molar-refractivity contribution is 7.27. The number of ketones is 1. The summed E-state index contributed by atoms with van der Waals surface area (Å²) in [5.74, 6) is -1.07. The molecular formula is C19H11ClO3S3. The highest BCUT2D eigenvalue weighted by Gasteiger charge is 2.22. The van der Waals surface area contributed by atoms with Crippen LogP contribution >= 0.6 is 45.6 Å². The summed E-state index contributed by atoms with van der Waals surface area (Å²) >= 11 is 10.3. The molecule has 0 spiro atoms. The van der Waals surface area contributed by atoms with E-state index in [1.807, 2.05) is 17.5 Å². The third-order valence-electron chi connectivity index (χ3n) is 3.97. The van der Waals surface area contributed by atoms with E-state index in [0.29, 0.717) is 20.3 Å². The maximum absolute atomic E-state index is 12.7. The summed E-state index contributed by atoms with van der Waals surface area (Å²) in [4.78, 5) is 25.7. The van der Waals surface area contributed by atoms with Crippen molar-refractivity contribution in [2.24, 2.45) is 0 Å². The Morgan fingerprint density at radius 3 is 2.50 bits per heavy atom. The van der Waals surface area contributed by atoms with E-state index in [2.05, 4.69) is 0 Å². The van der Waals surface area contributed by atoms with Gasteiger partial charge in [0, 0.05) is 31.3 Å². The number of carboxylic acids is 1. The van der Waals surface area contributed by atoms with Crippen LogP contribution in [0.5, 0.6) is 0 Å². The number of thiophene rings is 3. The molecule has 4 aromatic rings. The van der Waals surface area contributed by atoms with Crippen molar-refractivity contribution in [3.05, 3.63) is 67.5 Å². The standard InChI is InChI=1S/C19H11ClO3S3/c20-11-3-1-10(2-4-11)12-9-25-17(18(12)19(22)23)7-13(21)15-8-16-14(26-15)5-6-24-16/h1-6,8-9H,7H2,(H,22,23). The van der Waals surface area contributed by atoms with E-state index in [-0.39, 0.29) is 17.8 Å². The minimum absolute atomic E-state index is 0.0505. The third-order valence-corrected chi connectivity index (χ3v) is 7.34. The van der Waals surface area contributed by atoms with Crippen LogP contribution in [0.15, 0.2) is 47.2 Å². The minimum Gasteiger partial charge on any atom is -0.478 e. The average molecular weight is 419 g/mol. The normalized spacial score (nSPS) is 11.1. The lowest BCUT2D eigenvalue weighted by Crippen LogP contribution is -2.06. The smallest absolute Gasteiger partial charge is 0.337 e. The van der Waals surface area contributed by atoms with Crippen molar-refractivity contribution in [3.63, 3.8) is 0 Å². The van der Waals surface area contributed by atoms with E-state index < -0.39 is 5.97 Å². The first-order valence-corrected chi connectivity index (χ1v) is 10.6. The zero-order chi connectivity index (χ0) is 18.3. The van der Waals surface area contributed by atoms with Gasteiger partial charge in [0.1, 0.15) is 0 Å². The van der Waals surface area contributed by atoms with E-state index in [1.165, 1.54) is 22.7 Å². The molecule has 0 saturated carbocycles. The summed E-state index contributed by atoms with van der Waals surface area (Å²) in [6.07, 6.45) is 0.0909. The average Bonchev–Trinajstić information content (AvgIpc) is 3.29. The highest BCUT2D eigenvalue weighted by atomic mass is 35.5. The lowest BCUT2D eigenvalue weighted by Gasteiger charge is -2.04. The van der Waals surface area contributed by atoms with Crippen LogP contribution in [0.4, 0.5) is 0 Å². The largest absolute Gasteiger partial charge is 0.478 e. The first kappa shape index (κ1) is 17.4. The summed E-state index contributed by atoms with van der Waals surface area (Å²) in [6, 6.07) is 10.9. The zero-order valence-corrected chi connectivity index (χ0v) is 16.4. The van der Waals surface area contributed by atoms with Crippen molar-refractivity contribution >= 4 is 66.8 Å². The number of carbonyl (C=O) groups is 2. The van der Waals surface area contributed by atoms with Crippen molar-refractivity contribution in [1.82, 2.24) is 0 Å². The number of carbonyl (C=O) groups excluding carboxylic acids is 1. The molecule has 0 aliphatic rings. The number of Topliss-reactive ketones (excluding diaryl/α,β-unsaturated/α-hetero) is 1. The molecule has 0 radical (unpaired) electrons. The number of carboxylic acid groups (broad SMARTS) is 1. The van der Waals surface area contributed by atoms with Crippen molar-refractivity contribution in [1.29, 1.82) is 0 Å². The van der Waals surface area contributed by atoms with Crippen molar-refractivity contribution < 1.29 is 14.7 Å². The molecule has 0 unspecified atom stereocenters. The van der Waals surface area contributed by atoms with E-state index in [0.717, 1.165) is 15.0 Å². The summed E-state index contributed by atoms with van der Waals surface area (Å²) in [7, 11) is 0. The second-order valence-electron chi connectivity index (χ2n) is 5.62. The third kappa shape index (κ3) is 3.21. The number of fused-ring (bicyclic) bond motifs is 1. The predicted octanol–water partition coefficient (Wildman–Crippen LogP) is 6.47. The minimum atomic E-state index is -1.02. The molecule has 0 bridgehead atoms. The second kappa shape index (κ2) is 6.96. The lowest BCUT2D eigenvalue weighted by molar-refractivity contribution is 0.0697. The Bertz CT molecular complexity index is 1090. The first-order chi connectivity index (χ1) is 12.5. The van der Waals surface area contributed by atoms with Crippen LogP contribution in [-0.2, 0) is 6.42 Å². The quantitative estimate of drug-likeness (QED) is 0.378. The molecule has 0 aliphatic carbocycles. The molecule has 4 rings (SSSR count). The fraction of sp³-hybridized carbons (Fsp3) is 0.0526. The van der Waals surface area contributed by atoms with Crippen LogP contribution in [-0.4, -0.2) is 16.9 Å². The molecule has 1 N–H and O–H groups in total. The monoisotopic (exact) mass is 418 g/mol. The molecule has 3 nitrogen and oxygen atoms in total. The van der Waals surface area contributed by atoms with E-state index in [1.54, 1.807) is 41.0 Å². The van der Waals surface area contributed by atoms with E-state index >= 15 is 0 Å². The molecular weight excluding hydrogens is 408 g/mol. The molecule has 7 heteroatoms. The van der Waals surface area contributed by atoms with Gasteiger partial charge in [-0.25, -0.2) is 4.79 Å². The predicted molar refractivity (Wildman–Crippen MR) is 109 cm³/mol.